The second kappa shape index (κ2) is 4.31. The predicted octanol–water partition coefficient (Wildman–Crippen LogP) is 1.63. The number of halogens is 1. The van der Waals surface area contributed by atoms with E-state index in [1.165, 1.54) is 29.7 Å². The maximum atomic E-state index is 13.1. The first-order chi connectivity index (χ1) is 7.66. The Morgan fingerprint density at radius 2 is 2.31 bits per heavy atom. The molecule has 0 radical (unpaired) electrons. The normalized spacial score (nSPS) is 10.1. The van der Waals surface area contributed by atoms with Crippen molar-refractivity contribution in [2.75, 3.05) is 5.32 Å². The molecular formula is C9H7FN4OS. The van der Waals surface area contributed by atoms with Crippen molar-refractivity contribution in [3.63, 3.8) is 0 Å². The van der Waals surface area contributed by atoms with E-state index >= 15 is 0 Å². The Labute approximate surface area is 94.4 Å². The van der Waals surface area contributed by atoms with E-state index < -0.39 is 11.9 Å². The lowest BCUT2D eigenvalue weighted by Gasteiger charge is -2.00. The van der Waals surface area contributed by atoms with Crippen molar-refractivity contribution < 1.29 is 9.18 Å². The number of nitrogens with zero attached hydrogens (tertiary/aromatic N) is 3. The Bertz CT molecular complexity index is 528. The second-order valence-corrected chi connectivity index (χ2v) is 4.10. The molecule has 0 aliphatic rings. The first-order valence-corrected chi connectivity index (χ1v) is 5.20. The van der Waals surface area contributed by atoms with Gasteiger partial charge in [-0.05, 0) is 19.1 Å². The molecule has 0 saturated heterocycles. The van der Waals surface area contributed by atoms with Crippen LogP contribution in [0.5, 0.6) is 0 Å². The summed E-state index contributed by atoms with van der Waals surface area (Å²) >= 11 is 1.22. The number of nitrogens with one attached hydrogen (secondary N) is 1. The zero-order valence-corrected chi connectivity index (χ0v) is 9.08. The fourth-order valence-electron chi connectivity index (χ4n) is 1.07. The molecule has 0 aliphatic heterocycles. The lowest BCUT2D eigenvalue weighted by Crippen LogP contribution is -2.14. The molecule has 0 atom stereocenters. The van der Waals surface area contributed by atoms with E-state index in [0.29, 0.717) is 5.13 Å². The molecule has 0 spiro atoms. The number of aryl methyl sites for hydroxylation is 1. The Kier molecular flexibility index (Phi) is 2.86. The van der Waals surface area contributed by atoms with Crippen molar-refractivity contribution >= 4 is 22.4 Å². The minimum Gasteiger partial charge on any atom is -0.296 e. The number of amides is 1. The number of hydrogen-bond donors (Lipinski definition) is 1. The molecule has 16 heavy (non-hydrogen) atoms. The van der Waals surface area contributed by atoms with Gasteiger partial charge < -0.3 is 0 Å². The number of pyridine rings is 1. The lowest BCUT2D eigenvalue weighted by atomic mass is 10.2. The highest BCUT2D eigenvalue weighted by Gasteiger charge is 2.13. The first kappa shape index (κ1) is 10.6. The summed E-state index contributed by atoms with van der Waals surface area (Å²) in [6, 6.07) is 2.84. The topological polar surface area (TPSA) is 67.8 Å². The molecule has 0 aromatic carbocycles. The molecule has 0 aliphatic carbocycles. The highest BCUT2D eigenvalue weighted by Crippen LogP contribution is 2.15. The third-order valence-electron chi connectivity index (χ3n) is 1.75. The minimum atomic E-state index is -0.804. The summed E-state index contributed by atoms with van der Waals surface area (Å²) in [5.41, 5.74) is -0.115. The van der Waals surface area contributed by atoms with Gasteiger partial charge in [-0.25, -0.2) is 4.98 Å². The lowest BCUT2D eigenvalue weighted by molar-refractivity contribution is 0.102. The van der Waals surface area contributed by atoms with Gasteiger partial charge in [-0.1, -0.05) is 11.3 Å². The summed E-state index contributed by atoms with van der Waals surface area (Å²) in [5.74, 6) is -1.39. The number of carbonyl (C=O) groups is 1. The quantitative estimate of drug-likeness (QED) is 0.807. The Balaban J connectivity index is 2.18. The summed E-state index contributed by atoms with van der Waals surface area (Å²) in [7, 11) is 0. The molecule has 2 heterocycles. The number of carbonyl (C=O) groups excluding carboxylic acids is 1. The summed E-state index contributed by atoms with van der Waals surface area (Å²) in [6.07, 6.45) is 1.28. The van der Waals surface area contributed by atoms with Crippen molar-refractivity contribution in [1.82, 2.24) is 15.2 Å². The third-order valence-corrected chi connectivity index (χ3v) is 2.50. The summed E-state index contributed by atoms with van der Waals surface area (Å²) in [6.45, 7) is 1.76. The van der Waals surface area contributed by atoms with Crippen LogP contribution in [0.1, 0.15) is 15.4 Å². The van der Waals surface area contributed by atoms with Gasteiger partial charge in [0, 0.05) is 6.20 Å². The molecule has 2 aromatic heterocycles. The standard InChI is InChI=1S/C9H7FN4OS/c1-5-13-14-9(16-5)12-8(15)6-3-2-4-11-7(6)10/h2-4H,1H3,(H,12,14,15). The first-order valence-electron chi connectivity index (χ1n) is 4.39. The number of aromatic nitrogens is 3. The van der Waals surface area contributed by atoms with Gasteiger partial charge in [0.1, 0.15) is 5.01 Å². The third kappa shape index (κ3) is 2.19. The van der Waals surface area contributed by atoms with Gasteiger partial charge in [0.2, 0.25) is 11.1 Å². The second-order valence-electron chi connectivity index (χ2n) is 2.92. The number of anilines is 1. The zero-order chi connectivity index (χ0) is 11.5. The SMILES string of the molecule is Cc1nnc(NC(=O)c2cccnc2F)s1. The van der Waals surface area contributed by atoms with E-state index in [1.807, 2.05) is 0 Å². The molecule has 1 amide bonds. The molecule has 1 N–H and O–H groups in total. The molecule has 5 nitrogen and oxygen atoms in total. The van der Waals surface area contributed by atoms with Crippen LogP contribution >= 0.6 is 11.3 Å². The highest BCUT2D eigenvalue weighted by atomic mass is 32.1. The van der Waals surface area contributed by atoms with Gasteiger partial charge in [0.05, 0.1) is 5.56 Å². The average molecular weight is 238 g/mol. The molecule has 2 rings (SSSR count). The van der Waals surface area contributed by atoms with Crippen molar-refractivity contribution in [2.24, 2.45) is 0 Å². The van der Waals surface area contributed by atoms with E-state index in [4.69, 9.17) is 0 Å². The van der Waals surface area contributed by atoms with Crippen molar-refractivity contribution in [3.05, 3.63) is 34.8 Å². The van der Waals surface area contributed by atoms with E-state index in [1.54, 1.807) is 6.92 Å². The molecule has 82 valence electrons. The molecular weight excluding hydrogens is 231 g/mol. The van der Waals surface area contributed by atoms with Gasteiger partial charge in [0.25, 0.3) is 5.91 Å². The molecule has 0 bridgehead atoms. The van der Waals surface area contributed by atoms with Crippen molar-refractivity contribution in [1.29, 1.82) is 0 Å². The fourth-order valence-corrected chi connectivity index (χ4v) is 1.65. The smallest absolute Gasteiger partial charge is 0.262 e. The number of hydrogen-bond acceptors (Lipinski definition) is 5. The van der Waals surface area contributed by atoms with Crippen LogP contribution < -0.4 is 5.32 Å². The van der Waals surface area contributed by atoms with E-state index in [0.717, 1.165) is 5.01 Å². The Hall–Kier alpha value is -1.89. The van der Waals surface area contributed by atoms with Crippen molar-refractivity contribution in [3.8, 4) is 0 Å². The van der Waals surface area contributed by atoms with Crippen LogP contribution in [0.4, 0.5) is 9.52 Å². The molecule has 2 aromatic rings. The van der Waals surface area contributed by atoms with Crippen LogP contribution in [-0.2, 0) is 0 Å². The van der Waals surface area contributed by atoms with Gasteiger partial charge in [-0.2, -0.15) is 4.39 Å². The van der Waals surface area contributed by atoms with E-state index in [-0.39, 0.29) is 5.56 Å². The Morgan fingerprint density at radius 3 is 2.94 bits per heavy atom. The van der Waals surface area contributed by atoms with Crippen LogP contribution in [-0.4, -0.2) is 21.1 Å². The van der Waals surface area contributed by atoms with Gasteiger partial charge in [0.15, 0.2) is 0 Å². The monoisotopic (exact) mass is 238 g/mol. The Morgan fingerprint density at radius 1 is 1.50 bits per heavy atom. The maximum absolute atomic E-state index is 13.1. The molecule has 7 heteroatoms. The van der Waals surface area contributed by atoms with Crippen LogP contribution in [0.15, 0.2) is 18.3 Å². The van der Waals surface area contributed by atoms with Crippen LogP contribution in [0, 0.1) is 12.9 Å². The predicted molar refractivity (Wildman–Crippen MR) is 56.8 cm³/mol. The minimum absolute atomic E-state index is 0.115. The fraction of sp³-hybridized carbons (Fsp3) is 0.111. The van der Waals surface area contributed by atoms with Crippen LogP contribution in [0.25, 0.3) is 0 Å². The largest absolute Gasteiger partial charge is 0.296 e. The van der Waals surface area contributed by atoms with Gasteiger partial charge in [-0.3, -0.25) is 10.1 Å². The molecule has 0 fully saturated rings. The maximum Gasteiger partial charge on any atom is 0.262 e. The van der Waals surface area contributed by atoms with Crippen LogP contribution in [0.3, 0.4) is 0 Å². The summed E-state index contributed by atoms with van der Waals surface area (Å²) in [4.78, 5) is 15.0. The molecule has 0 unspecified atom stereocenters. The van der Waals surface area contributed by atoms with Gasteiger partial charge >= 0.3 is 0 Å². The summed E-state index contributed by atoms with van der Waals surface area (Å²) < 4.78 is 13.1. The van der Waals surface area contributed by atoms with Gasteiger partial charge in [-0.15, -0.1) is 10.2 Å². The summed E-state index contributed by atoms with van der Waals surface area (Å²) in [5, 5.41) is 10.9. The zero-order valence-electron chi connectivity index (χ0n) is 8.27. The van der Waals surface area contributed by atoms with E-state index in [2.05, 4.69) is 20.5 Å². The highest BCUT2D eigenvalue weighted by molar-refractivity contribution is 7.15. The average Bonchev–Trinajstić information content (AvgIpc) is 2.64. The van der Waals surface area contributed by atoms with Crippen LogP contribution in [0.2, 0.25) is 0 Å². The number of rotatable bonds is 2. The van der Waals surface area contributed by atoms with Crippen molar-refractivity contribution in [2.45, 2.75) is 6.92 Å². The van der Waals surface area contributed by atoms with E-state index in [9.17, 15) is 9.18 Å². The molecule has 0 saturated carbocycles.